The molecule has 0 saturated heterocycles. The Kier molecular flexibility index (Phi) is 5.72. The number of urea groups is 1. The van der Waals surface area contributed by atoms with Gasteiger partial charge in [0.2, 0.25) is 0 Å². The molecule has 104 valence electrons. The van der Waals surface area contributed by atoms with Crippen LogP contribution in [0, 0.1) is 0 Å². The van der Waals surface area contributed by atoms with Crippen molar-refractivity contribution in [3.63, 3.8) is 0 Å². The second-order valence-corrected chi connectivity index (χ2v) is 4.72. The molecule has 0 spiro atoms. The monoisotopic (exact) mass is 304 g/mol. The normalized spacial score (nSPS) is 11.2. The maximum absolute atomic E-state index is 11.8. The molecule has 0 fully saturated rings. The highest BCUT2D eigenvalue weighted by Crippen LogP contribution is 2.22. The minimum absolute atomic E-state index is 0.0606. The van der Waals surface area contributed by atoms with Crippen LogP contribution in [0.2, 0.25) is 10.0 Å². The highest BCUT2D eigenvalue weighted by Gasteiger charge is 2.10. The Labute approximate surface area is 120 Å². The molecule has 19 heavy (non-hydrogen) atoms. The van der Waals surface area contributed by atoms with Gasteiger partial charge in [0.25, 0.3) is 0 Å². The molecule has 0 radical (unpaired) electrons. The van der Waals surface area contributed by atoms with Crippen LogP contribution in [0.15, 0.2) is 23.4 Å². The molecule has 0 bridgehead atoms. The number of hydrogen-bond acceptors (Lipinski definition) is 3. The topological polar surface area (TPSA) is 90.9 Å². The van der Waals surface area contributed by atoms with E-state index in [1.807, 2.05) is 0 Å². The second-order valence-electron chi connectivity index (χ2n) is 3.85. The summed E-state index contributed by atoms with van der Waals surface area (Å²) >= 11 is 11.7. The molecule has 0 unspecified atom stereocenters. The number of nitrogens with two attached hydrogens (primary N) is 1. The molecule has 0 aliphatic rings. The molecule has 0 heterocycles. The summed E-state index contributed by atoms with van der Waals surface area (Å²) in [5.41, 5.74) is 5.82. The fourth-order valence-corrected chi connectivity index (χ4v) is 1.80. The van der Waals surface area contributed by atoms with Crippen molar-refractivity contribution in [2.75, 3.05) is 18.9 Å². The van der Waals surface area contributed by atoms with Crippen LogP contribution in [0.5, 0.6) is 0 Å². The van der Waals surface area contributed by atoms with Crippen LogP contribution in [0.1, 0.15) is 6.42 Å². The van der Waals surface area contributed by atoms with Gasteiger partial charge in [-0.2, -0.15) is 0 Å². The fourth-order valence-electron chi connectivity index (χ4n) is 1.28. The largest absolute Gasteiger partial charge is 0.409 e. The van der Waals surface area contributed by atoms with Crippen LogP contribution < -0.4 is 11.1 Å². The first kappa shape index (κ1) is 15.4. The van der Waals surface area contributed by atoms with Gasteiger partial charge < -0.3 is 21.2 Å². The number of hydrogen-bond donors (Lipinski definition) is 3. The van der Waals surface area contributed by atoms with Crippen LogP contribution in [-0.2, 0) is 0 Å². The molecule has 1 aromatic rings. The third kappa shape index (κ3) is 5.23. The Morgan fingerprint density at radius 3 is 2.53 bits per heavy atom. The van der Waals surface area contributed by atoms with Crippen LogP contribution in [0.3, 0.4) is 0 Å². The summed E-state index contributed by atoms with van der Waals surface area (Å²) in [5, 5.41) is 14.7. The number of carbonyl (C=O) groups is 1. The summed E-state index contributed by atoms with van der Waals surface area (Å²) in [6, 6.07) is 4.40. The minimum Gasteiger partial charge on any atom is -0.409 e. The van der Waals surface area contributed by atoms with E-state index in [4.69, 9.17) is 34.1 Å². The zero-order valence-electron chi connectivity index (χ0n) is 10.2. The van der Waals surface area contributed by atoms with Gasteiger partial charge in [-0.25, -0.2) is 4.79 Å². The van der Waals surface area contributed by atoms with E-state index in [0.717, 1.165) is 0 Å². The average Bonchev–Trinajstić information content (AvgIpc) is 2.33. The molecule has 1 rings (SSSR count). The van der Waals surface area contributed by atoms with Gasteiger partial charge >= 0.3 is 6.03 Å². The smallest absolute Gasteiger partial charge is 0.321 e. The third-order valence-electron chi connectivity index (χ3n) is 2.29. The van der Waals surface area contributed by atoms with E-state index in [2.05, 4.69) is 10.5 Å². The molecule has 0 atom stereocenters. The molecule has 0 aromatic heterocycles. The number of benzene rings is 1. The lowest BCUT2D eigenvalue weighted by molar-refractivity contribution is 0.223. The Morgan fingerprint density at radius 2 is 2.00 bits per heavy atom. The Bertz CT molecular complexity index is 473. The number of anilines is 1. The first-order chi connectivity index (χ1) is 8.92. The molecule has 0 aliphatic carbocycles. The Morgan fingerprint density at radius 1 is 1.42 bits per heavy atom. The summed E-state index contributed by atoms with van der Waals surface area (Å²) in [6.07, 6.45) is 0.275. The number of nitrogens with zero attached hydrogens (tertiary/aromatic N) is 2. The predicted molar refractivity (Wildman–Crippen MR) is 76.1 cm³/mol. The Balaban J connectivity index is 2.58. The fraction of sp³-hybridized carbons (Fsp3) is 0.273. The maximum Gasteiger partial charge on any atom is 0.321 e. The molecule has 0 aliphatic heterocycles. The van der Waals surface area contributed by atoms with E-state index >= 15 is 0 Å². The lowest BCUT2D eigenvalue weighted by Crippen LogP contribution is -2.34. The Hall–Kier alpha value is -1.66. The standard InChI is InChI=1S/C11H14Cl2N4O2/c1-17(3-2-10(14)16-19)11(18)15-9-5-7(12)4-8(13)6-9/h4-6,19H,2-3H2,1H3,(H2,14,16)(H,15,18). The summed E-state index contributed by atoms with van der Waals surface area (Å²) in [6.45, 7) is 0.316. The minimum atomic E-state index is -0.343. The molecule has 6 nitrogen and oxygen atoms in total. The highest BCUT2D eigenvalue weighted by atomic mass is 35.5. The zero-order valence-corrected chi connectivity index (χ0v) is 11.7. The van der Waals surface area contributed by atoms with Crippen LogP contribution >= 0.6 is 23.2 Å². The van der Waals surface area contributed by atoms with Crippen LogP contribution in [0.25, 0.3) is 0 Å². The van der Waals surface area contributed by atoms with Crippen LogP contribution in [-0.4, -0.2) is 35.6 Å². The number of nitrogens with one attached hydrogen (secondary N) is 1. The number of oxime groups is 1. The molecular formula is C11H14Cl2N4O2. The van der Waals surface area contributed by atoms with E-state index in [9.17, 15) is 4.79 Å². The van der Waals surface area contributed by atoms with Gasteiger partial charge in [0.05, 0.1) is 0 Å². The van der Waals surface area contributed by atoms with Crippen molar-refractivity contribution < 1.29 is 10.0 Å². The van der Waals surface area contributed by atoms with Crippen molar-refractivity contribution in [3.05, 3.63) is 28.2 Å². The van der Waals surface area contributed by atoms with Crippen LogP contribution in [0.4, 0.5) is 10.5 Å². The average molecular weight is 305 g/mol. The van der Waals surface area contributed by atoms with E-state index in [1.165, 1.54) is 4.90 Å². The SMILES string of the molecule is CN(CC/C(N)=N/O)C(=O)Nc1cc(Cl)cc(Cl)c1. The number of halogens is 2. The van der Waals surface area contributed by atoms with Gasteiger partial charge in [-0.3, -0.25) is 0 Å². The predicted octanol–water partition coefficient (Wildman–Crippen LogP) is 2.59. The number of carbonyl (C=O) groups excluding carboxylic acids is 1. The molecular weight excluding hydrogens is 291 g/mol. The highest BCUT2D eigenvalue weighted by molar-refractivity contribution is 6.35. The lowest BCUT2D eigenvalue weighted by Gasteiger charge is -2.17. The molecule has 2 amide bonds. The van der Waals surface area contributed by atoms with Crippen molar-refractivity contribution >= 4 is 40.8 Å². The third-order valence-corrected chi connectivity index (χ3v) is 2.73. The zero-order chi connectivity index (χ0) is 14.4. The van der Waals surface area contributed by atoms with Gasteiger partial charge in [0.1, 0.15) is 5.84 Å². The van der Waals surface area contributed by atoms with Crippen molar-refractivity contribution in [1.82, 2.24) is 4.90 Å². The van der Waals surface area contributed by atoms with E-state index in [1.54, 1.807) is 25.2 Å². The quantitative estimate of drug-likeness (QED) is 0.345. The second kappa shape index (κ2) is 7.06. The van der Waals surface area contributed by atoms with Gasteiger partial charge in [0, 0.05) is 35.7 Å². The maximum atomic E-state index is 11.8. The van der Waals surface area contributed by atoms with Crippen molar-refractivity contribution in [3.8, 4) is 0 Å². The van der Waals surface area contributed by atoms with Crippen molar-refractivity contribution in [1.29, 1.82) is 0 Å². The number of amidine groups is 1. The molecule has 8 heteroatoms. The van der Waals surface area contributed by atoms with E-state index < -0.39 is 0 Å². The van der Waals surface area contributed by atoms with Gasteiger partial charge in [0.15, 0.2) is 0 Å². The van der Waals surface area contributed by atoms with Crippen molar-refractivity contribution in [2.24, 2.45) is 10.9 Å². The van der Waals surface area contributed by atoms with Gasteiger partial charge in [-0.15, -0.1) is 0 Å². The summed E-state index contributed by atoms with van der Waals surface area (Å²) in [4.78, 5) is 13.2. The molecule has 0 saturated carbocycles. The number of rotatable bonds is 4. The first-order valence-corrected chi connectivity index (χ1v) is 6.12. The van der Waals surface area contributed by atoms with Gasteiger partial charge in [-0.05, 0) is 18.2 Å². The van der Waals surface area contributed by atoms with E-state index in [-0.39, 0.29) is 18.3 Å². The molecule has 1 aromatic carbocycles. The first-order valence-electron chi connectivity index (χ1n) is 5.37. The van der Waals surface area contributed by atoms with Crippen molar-refractivity contribution in [2.45, 2.75) is 6.42 Å². The lowest BCUT2D eigenvalue weighted by atomic mass is 10.3. The molecule has 4 N–H and O–H groups in total. The summed E-state index contributed by atoms with van der Waals surface area (Å²) in [5.74, 6) is 0.0606. The number of amides is 2. The van der Waals surface area contributed by atoms with Gasteiger partial charge in [-0.1, -0.05) is 28.4 Å². The summed E-state index contributed by atoms with van der Waals surface area (Å²) in [7, 11) is 1.59. The summed E-state index contributed by atoms with van der Waals surface area (Å²) < 4.78 is 0. The van der Waals surface area contributed by atoms with E-state index in [0.29, 0.717) is 22.3 Å².